The van der Waals surface area contributed by atoms with Crippen molar-refractivity contribution in [3.05, 3.63) is 35.1 Å². The van der Waals surface area contributed by atoms with Gasteiger partial charge in [-0.1, -0.05) is 39.8 Å². The van der Waals surface area contributed by atoms with Gasteiger partial charge in [0.2, 0.25) is 0 Å². The Morgan fingerprint density at radius 1 is 1.24 bits per heavy atom. The molecule has 2 heteroatoms. The molecule has 2 unspecified atom stereocenters. The second-order valence-electron chi connectivity index (χ2n) is 5.15. The van der Waals surface area contributed by atoms with Crippen LogP contribution in [0.1, 0.15) is 44.9 Å². The van der Waals surface area contributed by atoms with Gasteiger partial charge in [0, 0.05) is 6.04 Å². The van der Waals surface area contributed by atoms with Gasteiger partial charge in [-0.15, -0.1) is 0 Å². The average molecular weight is 237 g/mol. The highest BCUT2D eigenvalue weighted by molar-refractivity contribution is 5.27. The summed E-state index contributed by atoms with van der Waals surface area (Å²) in [5.74, 6) is 1.01. The van der Waals surface area contributed by atoms with E-state index in [1.807, 2.05) is 19.1 Å². The summed E-state index contributed by atoms with van der Waals surface area (Å²) >= 11 is 0. The summed E-state index contributed by atoms with van der Waals surface area (Å²) in [5, 5.41) is 3.50. The molecule has 0 aliphatic carbocycles. The van der Waals surface area contributed by atoms with Crippen LogP contribution in [0.2, 0.25) is 0 Å². The van der Waals surface area contributed by atoms with Crippen molar-refractivity contribution in [2.75, 3.05) is 6.54 Å². The van der Waals surface area contributed by atoms with E-state index in [4.69, 9.17) is 0 Å². The number of hydrogen-bond acceptors (Lipinski definition) is 1. The number of aryl methyl sites for hydroxylation is 1. The van der Waals surface area contributed by atoms with Crippen molar-refractivity contribution in [1.82, 2.24) is 5.32 Å². The number of nitrogens with one attached hydrogen (secondary N) is 1. The lowest BCUT2D eigenvalue weighted by atomic mass is 9.85. The lowest BCUT2D eigenvalue weighted by molar-refractivity contribution is 0.307. The predicted molar refractivity (Wildman–Crippen MR) is 71.6 cm³/mol. The molecule has 1 rings (SSSR count). The molecule has 0 saturated heterocycles. The molecular formula is C15H24FN. The molecule has 0 spiro atoms. The van der Waals surface area contributed by atoms with Crippen LogP contribution < -0.4 is 5.32 Å². The molecule has 1 aromatic carbocycles. The van der Waals surface area contributed by atoms with Crippen molar-refractivity contribution >= 4 is 0 Å². The third kappa shape index (κ3) is 3.53. The van der Waals surface area contributed by atoms with Gasteiger partial charge in [0.05, 0.1) is 0 Å². The Kier molecular flexibility index (Phi) is 5.13. The quantitative estimate of drug-likeness (QED) is 0.813. The minimum atomic E-state index is -0.124. The Balaban J connectivity index is 3.00. The molecule has 0 aliphatic rings. The van der Waals surface area contributed by atoms with E-state index < -0.39 is 0 Å². The van der Waals surface area contributed by atoms with Crippen LogP contribution >= 0.6 is 0 Å². The first kappa shape index (κ1) is 14.2. The van der Waals surface area contributed by atoms with Crippen molar-refractivity contribution in [3.63, 3.8) is 0 Å². The molecule has 0 aromatic heterocycles. The van der Waals surface area contributed by atoms with Gasteiger partial charge < -0.3 is 5.32 Å². The summed E-state index contributed by atoms with van der Waals surface area (Å²) in [6.07, 6.45) is 0. The first-order valence-corrected chi connectivity index (χ1v) is 6.46. The van der Waals surface area contributed by atoms with Crippen molar-refractivity contribution in [2.45, 2.75) is 40.7 Å². The van der Waals surface area contributed by atoms with E-state index in [0.717, 1.165) is 12.1 Å². The van der Waals surface area contributed by atoms with Gasteiger partial charge in [0.1, 0.15) is 5.82 Å². The molecular weight excluding hydrogens is 213 g/mol. The van der Waals surface area contributed by atoms with Gasteiger partial charge in [-0.05, 0) is 42.5 Å². The Bertz CT molecular complexity index is 360. The normalized spacial score (nSPS) is 15.0. The van der Waals surface area contributed by atoms with Crippen LogP contribution in [0.25, 0.3) is 0 Å². The molecule has 96 valence electrons. The summed E-state index contributed by atoms with van der Waals surface area (Å²) in [6.45, 7) is 11.6. The number of benzene rings is 1. The highest BCUT2D eigenvalue weighted by Crippen LogP contribution is 2.28. The fraction of sp³-hybridized carbons (Fsp3) is 0.600. The lowest BCUT2D eigenvalue weighted by Gasteiger charge is -2.28. The Morgan fingerprint density at radius 2 is 1.88 bits per heavy atom. The Morgan fingerprint density at radius 3 is 2.35 bits per heavy atom. The molecule has 0 aliphatic heterocycles. The third-order valence-electron chi connectivity index (χ3n) is 3.54. The first-order chi connectivity index (χ1) is 7.97. The highest BCUT2D eigenvalue weighted by atomic mass is 19.1. The molecule has 0 heterocycles. The first-order valence-electron chi connectivity index (χ1n) is 6.46. The molecule has 0 radical (unpaired) electrons. The van der Waals surface area contributed by atoms with Gasteiger partial charge in [-0.3, -0.25) is 0 Å². The molecule has 1 nitrogen and oxygen atoms in total. The zero-order valence-electron chi connectivity index (χ0n) is 11.5. The van der Waals surface area contributed by atoms with E-state index in [0.29, 0.717) is 17.9 Å². The number of halogens is 1. The second-order valence-corrected chi connectivity index (χ2v) is 5.15. The van der Waals surface area contributed by atoms with Gasteiger partial charge in [0.15, 0.2) is 0 Å². The predicted octanol–water partition coefficient (Wildman–Crippen LogP) is 4.08. The van der Waals surface area contributed by atoms with E-state index >= 15 is 0 Å². The van der Waals surface area contributed by atoms with Gasteiger partial charge in [0.25, 0.3) is 0 Å². The van der Waals surface area contributed by atoms with Crippen molar-refractivity contribution < 1.29 is 4.39 Å². The average Bonchev–Trinajstić information content (AvgIpc) is 2.29. The van der Waals surface area contributed by atoms with Gasteiger partial charge >= 0.3 is 0 Å². The van der Waals surface area contributed by atoms with Crippen LogP contribution in [0.5, 0.6) is 0 Å². The SMILES string of the molecule is CCNC(c1ccc(F)c(C)c1)C(C)C(C)C. The molecule has 1 aromatic rings. The molecule has 0 amide bonds. The summed E-state index contributed by atoms with van der Waals surface area (Å²) in [7, 11) is 0. The van der Waals surface area contributed by atoms with Crippen LogP contribution in [-0.2, 0) is 0 Å². The van der Waals surface area contributed by atoms with Crippen LogP contribution in [0, 0.1) is 24.6 Å². The maximum atomic E-state index is 13.3. The summed E-state index contributed by atoms with van der Waals surface area (Å²) in [6, 6.07) is 5.73. The maximum Gasteiger partial charge on any atom is 0.126 e. The Hall–Kier alpha value is -0.890. The van der Waals surface area contributed by atoms with Crippen molar-refractivity contribution in [1.29, 1.82) is 0 Å². The smallest absolute Gasteiger partial charge is 0.126 e. The van der Waals surface area contributed by atoms with E-state index in [1.54, 1.807) is 6.07 Å². The minimum absolute atomic E-state index is 0.124. The fourth-order valence-electron chi connectivity index (χ4n) is 2.07. The second kappa shape index (κ2) is 6.15. The summed E-state index contributed by atoms with van der Waals surface area (Å²) in [5.41, 5.74) is 1.91. The van der Waals surface area contributed by atoms with Crippen molar-refractivity contribution in [3.8, 4) is 0 Å². The van der Waals surface area contributed by atoms with Crippen molar-refractivity contribution in [2.24, 2.45) is 11.8 Å². The van der Waals surface area contributed by atoms with Crippen LogP contribution in [0.3, 0.4) is 0 Å². The Labute approximate surface area is 104 Å². The minimum Gasteiger partial charge on any atom is -0.310 e. The molecule has 0 saturated carbocycles. The monoisotopic (exact) mass is 237 g/mol. The van der Waals surface area contributed by atoms with Crippen LogP contribution in [-0.4, -0.2) is 6.54 Å². The molecule has 0 bridgehead atoms. The molecule has 0 fully saturated rings. The van der Waals surface area contributed by atoms with E-state index in [1.165, 1.54) is 5.56 Å². The molecule has 17 heavy (non-hydrogen) atoms. The topological polar surface area (TPSA) is 12.0 Å². The fourth-order valence-corrected chi connectivity index (χ4v) is 2.07. The summed E-state index contributed by atoms with van der Waals surface area (Å²) < 4.78 is 13.3. The third-order valence-corrected chi connectivity index (χ3v) is 3.54. The largest absolute Gasteiger partial charge is 0.310 e. The lowest BCUT2D eigenvalue weighted by Crippen LogP contribution is -2.29. The molecule has 2 atom stereocenters. The molecule has 1 N–H and O–H groups in total. The standard InChI is InChI=1S/C15H24FN/c1-6-17-15(12(5)10(2)3)13-7-8-14(16)11(4)9-13/h7-10,12,15,17H,6H2,1-5H3. The van der Waals surface area contributed by atoms with Gasteiger partial charge in [-0.2, -0.15) is 0 Å². The highest BCUT2D eigenvalue weighted by Gasteiger charge is 2.21. The summed E-state index contributed by atoms with van der Waals surface area (Å²) in [4.78, 5) is 0. The van der Waals surface area contributed by atoms with Crippen LogP contribution in [0.15, 0.2) is 18.2 Å². The number of hydrogen-bond donors (Lipinski definition) is 1. The zero-order valence-corrected chi connectivity index (χ0v) is 11.5. The maximum absolute atomic E-state index is 13.3. The van der Waals surface area contributed by atoms with Gasteiger partial charge in [-0.25, -0.2) is 4.39 Å². The zero-order chi connectivity index (χ0) is 13.0. The van der Waals surface area contributed by atoms with E-state index in [9.17, 15) is 4.39 Å². The number of rotatable bonds is 5. The van der Waals surface area contributed by atoms with Crippen LogP contribution in [0.4, 0.5) is 4.39 Å². The van der Waals surface area contributed by atoms with E-state index in [2.05, 4.69) is 33.0 Å². The van der Waals surface area contributed by atoms with E-state index in [-0.39, 0.29) is 5.82 Å².